The van der Waals surface area contributed by atoms with Crippen LogP contribution in [0, 0.1) is 11.3 Å². The number of ether oxygens (including phenoxy) is 2. The molecule has 2 fully saturated rings. The highest BCUT2D eigenvalue weighted by Gasteiger charge is 2.56. The summed E-state index contributed by atoms with van der Waals surface area (Å²) in [5, 5.41) is 9.79. The molecule has 5 heteroatoms. The molecule has 0 spiro atoms. The summed E-state index contributed by atoms with van der Waals surface area (Å²) in [6.07, 6.45) is 4.60. The summed E-state index contributed by atoms with van der Waals surface area (Å²) >= 11 is 0. The monoisotopic (exact) mass is 277 g/mol. The minimum Gasteiger partial charge on any atom is -0.481 e. The fourth-order valence-electron chi connectivity index (χ4n) is 3.23. The maximum absolute atomic E-state index is 11.9. The first-order valence-electron chi connectivity index (χ1n) is 7.00. The summed E-state index contributed by atoms with van der Waals surface area (Å²) in [7, 11) is 1.56. The van der Waals surface area contributed by atoms with Gasteiger partial charge in [0.25, 0.3) is 0 Å². The fourth-order valence-corrected chi connectivity index (χ4v) is 3.23. The maximum Gasteiger partial charge on any atom is 0.312 e. The second-order valence-corrected chi connectivity index (χ2v) is 5.69. The number of aliphatic carboxylic acids is 1. The van der Waals surface area contributed by atoms with Crippen molar-refractivity contribution in [1.29, 1.82) is 0 Å². The molecule has 1 saturated heterocycles. The van der Waals surface area contributed by atoms with Crippen molar-refractivity contribution < 1.29 is 19.4 Å². The van der Waals surface area contributed by atoms with Crippen molar-refractivity contribution >= 4 is 5.97 Å². The van der Waals surface area contributed by atoms with Crippen LogP contribution in [0.15, 0.2) is 18.3 Å². The molecule has 2 aliphatic rings. The highest BCUT2D eigenvalue weighted by Crippen LogP contribution is 2.50. The number of methoxy groups -OCH3 is 1. The normalized spacial score (nSPS) is 29.4. The Bertz CT molecular complexity index is 514. The van der Waals surface area contributed by atoms with E-state index in [2.05, 4.69) is 4.98 Å². The molecular formula is C15H19NO4. The average molecular weight is 277 g/mol. The summed E-state index contributed by atoms with van der Waals surface area (Å²) in [4.78, 5) is 16.1. The molecule has 2 heterocycles. The van der Waals surface area contributed by atoms with Gasteiger partial charge in [0.2, 0.25) is 5.88 Å². The van der Waals surface area contributed by atoms with Crippen molar-refractivity contribution in [2.45, 2.75) is 31.8 Å². The summed E-state index contributed by atoms with van der Waals surface area (Å²) in [6.45, 7) is 0.524. The van der Waals surface area contributed by atoms with E-state index in [4.69, 9.17) is 9.47 Å². The third-order valence-corrected chi connectivity index (χ3v) is 4.42. The number of rotatable bonds is 5. The van der Waals surface area contributed by atoms with E-state index in [1.807, 2.05) is 12.1 Å². The predicted molar refractivity (Wildman–Crippen MR) is 71.6 cm³/mol. The third-order valence-electron chi connectivity index (χ3n) is 4.42. The quantitative estimate of drug-likeness (QED) is 0.890. The molecule has 1 aromatic rings. The summed E-state index contributed by atoms with van der Waals surface area (Å²) in [5.41, 5.74) is 0.00542. The summed E-state index contributed by atoms with van der Waals surface area (Å²) in [5.74, 6) is 0.142. The Balaban J connectivity index is 1.93. The van der Waals surface area contributed by atoms with Gasteiger partial charge in [0.1, 0.15) is 5.41 Å². The van der Waals surface area contributed by atoms with E-state index in [9.17, 15) is 9.90 Å². The van der Waals surface area contributed by atoms with Crippen molar-refractivity contribution in [3.8, 4) is 5.88 Å². The van der Waals surface area contributed by atoms with Crippen LogP contribution in [0.3, 0.4) is 0 Å². The van der Waals surface area contributed by atoms with Gasteiger partial charge in [-0.2, -0.15) is 0 Å². The summed E-state index contributed by atoms with van der Waals surface area (Å²) < 4.78 is 11.0. The number of hydrogen-bond acceptors (Lipinski definition) is 4. The molecular weight excluding hydrogens is 258 g/mol. The van der Waals surface area contributed by atoms with Gasteiger partial charge in [-0.05, 0) is 37.7 Å². The molecule has 0 aromatic carbocycles. The van der Waals surface area contributed by atoms with Gasteiger partial charge in [0.15, 0.2) is 0 Å². The van der Waals surface area contributed by atoms with Crippen LogP contribution < -0.4 is 4.74 Å². The summed E-state index contributed by atoms with van der Waals surface area (Å²) in [6, 6.07) is 3.70. The van der Waals surface area contributed by atoms with E-state index in [0.29, 0.717) is 31.2 Å². The van der Waals surface area contributed by atoms with Crippen molar-refractivity contribution in [3.05, 3.63) is 23.9 Å². The van der Waals surface area contributed by atoms with Gasteiger partial charge in [-0.15, -0.1) is 0 Å². The second kappa shape index (κ2) is 5.05. The van der Waals surface area contributed by atoms with E-state index >= 15 is 0 Å². The molecule has 1 aliphatic carbocycles. The van der Waals surface area contributed by atoms with Gasteiger partial charge >= 0.3 is 5.97 Å². The van der Waals surface area contributed by atoms with Gasteiger partial charge in [-0.25, -0.2) is 4.98 Å². The SMILES string of the molecule is COc1ncccc1CC1(C(=O)O)CCOC1C1CC1. The van der Waals surface area contributed by atoms with Gasteiger partial charge in [0, 0.05) is 18.4 Å². The van der Waals surface area contributed by atoms with E-state index in [1.54, 1.807) is 13.3 Å². The van der Waals surface area contributed by atoms with Crippen LogP contribution in [-0.4, -0.2) is 35.9 Å². The zero-order chi connectivity index (χ0) is 14.2. The molecule has 0 amide bonds. The molecule has 1 aromatic heterocycles. The van der Waals surface area contributed by atoms with Crippen LogP contribution in [0.25, 0.3) is 0 Å². The van der Waals surface area contributed by atoms with E-state index in [0.717, 1.165) is 18.4 Å². The number of pyridine rings is 1. The fraction of sp³-hybridized carbons (Fsp3) is 0.600. The van der Waals surface area contributed by atoms with Gasteiger partial charge in [-0.3, -0.25) is 4.79 Å². The van der Waals surface area contributed by atoms with Crippen molar-refractivity contribution in [2.24, 2.45) is 11.3 Å². The number of carbonyl (C=O) groups is 1. The molecule has 2 atom stereocenters. The van der Waals surface area contributed by atoms with Crippen LogP contribution in [0.1, 0.15) is 24.8 Å². The standard InChI is InChI=1S/C15H19NO4/c1-19-13-11(3-2-7-16-13)9-15(14(17)18)6-8-20-12(15)10-4-5-10/h2-3,7,10,12H,4-6,8-9H2,1H3,(H,17,18). The Hall–Kier alpha value is -1.62. The Labute approximate surface area is 117 Å². The lowest BCUT2D eigenvalue weighted by Crippen LogP contribution is -2.42. The highest BCUT2D eigenvalue weighted by molar-refractivity contribution is 5.76. The maximum atomic E-state index is 11.9. The molecule has 20 heavy (non-hydrogen) atoms. The lowest BCUT2D eigenvalue weighted by Gasteiger charge is -2.30. The first kappa shape index (κ1) is 13.4. The van der Waals surface area contributed by atoms with Gasteiger partial charge < -0.3 is 14.6 Å². The molecule has 0 bridgehead atoms. The van der Waals surface area contributed by atoms with Crippen molar-refractivity contribution in [1.82, 2.24) is 4.98 Å². The number of hydrogen-bond donors (Lipinski definition) is 1. The van der Waals surface area contributed by atoms with Crippen LogP contribution in [0.5, 0.6) is 5.88 Å². The second-order valence-electron chi connectivity index (χ2n) is 5.69. The highest BCUT2D eigenvalue weighted by atomic mass is 16.5. The number of carboxylic acid groups (broad SMARTS) is 1. The number of nitrogens with zero attached hydrogens (tertiary/aromatic N) is 1. The molecule has 1 aliphatic heterocycles. The Morgan fingerprint density at radius 3 is 3.05 bits per heavy atom. The van der Waals surface area contributed by atoms with E-state index < -0.39 is 11.4 Å². The van der Waals surface area contributed by atoms with Crippen LogP contribution in [-0.2, 0) is 16.0 Å². The van der Waals surface area contributed by atoms with E-state index in [1.165, 1.54) is 0 Å². The minimum atomic E-state index is -0.836. The third kappa shape index (κ3) is 2.16. The molecule has 0 radical (unpaired) electrons. The Morgan fingerprint density at radius 1 is 1.60 bits per heavy atom. The Morgan fingerprint density at radius 2 is 2.40 bits per heavy atom. The average Bonchev–Trinajstić information content (AvgIpc) is 3.20. The number of aromatic nitrogens is 1. The molecule has 108 valence electrons. The molecule has 1 N–H and O–H groups in total. The van der Waals surface area contributed by atoms with Crippen LogP contribution in [0.2, 0.25) is 0 Å². The topological polar surface area (TPSA) is 68.7 Å². The number of carboxylic acids is 1. The van der Waals surface area contributed by atoms with Gasteiger partial charge in [0.05, 0.1) is 13.2 Å². The van der Waals surface area contributed by atoms with E-state index in [-0.39, 0.29) is 6.10 Å². The Kier molecular flexibility index (Phi) is 3.38. The zero-order valence-corrected chi connectivity index (χ0v) is 11.5. The van der Waals surface area contributed by atoms with Gasteiger partial charge in [-0.1, -0.05) is 6.07 Å². The largest absolute Gasteiger partial charge is 0.481 e. The first-order valence-corrected chi connectivity index (χ1v) is 7.00. The van der Waals surface area contributed by atoms with Crippen LogP contribution >= 0.6 is 0 Å². The van der Waals surface area contributed by atoms with Crippen molar-refractivity contribution in [3.63, 3.8) is 0 Å². The minimum absolute atomic E-state index is 0.176. The molecule has 3 rings (SSSR count). The smallest absolute Gasteiger partial charge is 0.312 e. The first-order chi connectivity index (χ1) is 9.67. The molecule has 1 saturated carbocycles. The molecule has 2 unspecified atom stereocenters. The zero-order valence-electron chi connectivity index (χ0n) is 11.5. The van der Waals surface area contributed by atoms with Crippen molar-refractivity contribution in [2.75, 3.05) is 13.7 Å². The lowest BCUT2D eigenvalue weighted by molar-refractivity contribution is -0.153. The predicted octanol–water partition coefficient (Wildman–Crippen LogP) is 1.90. The molecule has 5 nitrogen and oxygen atoms in total. The lowest BCUT2D eigenvalue weighted by atomic mass is 9.74. The van der Waals surface area contributed by atoms with Crippen LogP contribution in [0.4, 0.5) is 0 Å².